The van der Waals surface area contributed by atoms with Crippen LogP contribution in [0.15, 0.2) is 0 Å². The summed E-state index contributed by atoms with van der Waals surface area (Å²) in [6, 6.07) is 0.799. The highest BCUT2D eigenvalue weighted by atomic mass is 14.9. The maximum atomic E-state index is 3.55. The van der Waals surface area contributed by atoms with E-state index in [-0.39, 0.29) is 0 Å². The SMILES string of the molecule is CCC(CC)CC1CCCCCC1NC. The molecular formula is C14H29N. The zero-order valence-electron chi connectivity index (χ0n) is 10.9. The molecule has 1 N–H and O–H groups in total. The summed E-state index contributed by atoms with van der Waals surface area (Å²) in [5.41, 5.74) is 0. The predicted molar refractivity (Wildman–Crippen MR) is 68.1 cm³/mol. The molecule has 0 bridgehead atoms. The van der Waals surface area contributed by atoms with Crippen LogP contribution in [0.1, 0.15) is 65.2 Å². The normalized spacial score (nSPS) is 28.0. The van der Waals surface area contributed by atoms with Crippen molar-refractivity contribution < 1.29 is 0 Å². The molecule has 0 aromatic heterocycles. The minimum absolute atomic E-state index is 0.799. The first kappa shape index (κ1) is 13.0. The van der Waals surface area contributed by atoms with Crippen molar-refractivity contribution >= 4 is 0 Å². The fraction of sp³-hybridized carbons (Fsp3) is 1.00. The third-order valence-electron chi connectivity index (χ3n) is 4.32. The maximum Gasteiger partial charge on any atom is 0.00924 e. The van der Waals surface area contributed by atoms with E-state index in [0.29, 0.717) is 0 Å². The summed E-state index contributed by atoms with van der Waals surface area (Å²) in [7, 11) is 2.15. The molecular weight excluding hydrogens is 182 g/mol. The molecule has 1 rings (SSSR count). The molecule has 0 amide bonds. The van der Waals surface area contributed by atoms with Crippen molar-refractivity contribution in [2.45, 2.75) is 71.3 Å². The van der Waals surface area contributed by atoms with Gasteiger partial charge in [-0.05, 0) is 38.1 Å². The Bertz CT molecular complexity index is 151. The first-order valence-electron chi connectivity index (χ1n) is 6.99. The molecule has 0 saturated heterocycles. The van der Waals surface area contributed by atoms with Gasteiger partial charge in [0.2, 0.25) is 0 Å². The molecule has 1 saturated carbocycles. The van der Waals surface area contributed by atoms with Crippen LogP contribution in [0.25, 0.3) is 0 Å². The Balaban J connectivity index is 2.46. The van der Waals surface area contributed by atoms with Crippen LogP contribution < -0.4 is 5.32 Å². The van der Waals surface area contributed by atoms with E-state index in [9.17, 15) is 0 Å². The molecule has 0 aliphatic heterocycles. The second-order valence-electron chi connectivity index (χ2n) is 5.21. The largest absolute Gasteiger partial charge is 0.317 e. The molecule has 1 aliphatic rings. The highest BCUT2D eigenvalue weighted by Gasteiger charge is 2.24. The van der Waals surface area contributed by atoms with Gasteiger partial charge in [0.15, 0.2) is 0 Å². The number of rotatable bonds is 5. The van der Waals surface area contributed by atoms with Gasteiger partial charge in [0, 0.05) is 6.04 Å². The minimum atomic E-state index is 0.799. The molecule has 1 nitrogen and oxygen atoms in total. The number of hydrogen-bond acceptors (Lipinski definition) is 1. The van der Waals surface area contributed by atoms with E-state index in [0.717, 1.165) is 17.9 Å². The van der Waals surface area contributed by atoms with E-state index in [1.165, 1.54) is 51.4 Å². The second-order valence-corrected chi connectivity index (χ2v) is 5.21. The Kier molecular flexibility index (Phi) is 6.31. The smallest absolute Gasteiger partial charge is 0.00924 e. The van der Waals surface area contributed by atoms with Gasteiger partial charge < -0.3 is 5.32 Å². The summed E-state index contributed by atoms with van der Waals surface area (Å²) in [5.74, 6) is 1.91. The Hall–Kier alpha value is -0.0400. The number of hydrogen-bond donors (Lipinski definition) is 1. The van der Waals surface area contributed by atoms with Gasteiger partial charge in [0.05, 0.1) is 0 Å². The molecule has 0 aromatic rings. The van der Waals surface area contributed by atoms with Crippen LogP contribution in [0.5, 0.6) is 0 Å². The maximum absolute atomic E-state index is 3.55. The average molecular weight is 211 g/mol. The van der Waals surface area contributed by atoms with E-state index >= 15 is 0 Å². The predicted octanol–water partition coefficient (Wildman–Crippen LogP) is 3.98. The highest BCUT2D eigenvalue weighted by Crippen LogP contribution is 2.30. The van der Waals surface area contributed by atoms with Gasteiger partial charge in [-0.1, -0.05) is 46.0 Å². The fourth-order valence-corrected chi connectivity index (χ4v) is 3.10. The lowest BCUT2D eigenvalue weighted by molar-refractivity contribution is 0.273. The van der Waals surface area contributed by atoms with Gasteiger partial charge in [0.25, 0.3) is 0 Å². The molecule has 0 aromatic carbocycles. The molecule has 1 aliphatic carbocycles. The summed E-state index contributed by atoms with van der Waals surface area (Å²) >= 11 is 0. The summed E-state index contributed by atoms with van der Waals surface area (Å²) in [5, 5.41) is 3.55. The minimum Gasteiger partial charge on any atom is -0.317 e. The van der Waals surface area contributed by atoms with Crippen molar-refractivity contribution in [1.29, 1.82) is 0 Å². The van der Waals surface area contributed by atoms with Crippen molar-refractivity contribution in [3.05, 3.63) is 0 Å². The Morgan fingerprint density at radius 1 is 1.07 bits per heavy atom. The highest BCUT2D eigenvalue weighted by molar-refractivity contribution is 4.80. The molecule has 0 radical (unpaired) electrons. The Morgan fingerprint density at radius 3 is 2.33 bits per heavy atom. The summed E-state index contributed by atoms with van der Waals surface area (Å²) in [6.07, 6.45) is 11.4. The van der Waals surface area contributed by atoms with Crippen LogP contribution in [-0.2, 0) is 0 Å². The molecule has 15 heavy (non-hydrogen) atoms. The Labute approximate surface area is 96.0 Å². The van der Waals surface area contributed by atoms with E-state index in [4.69, 9.17) is 0 Å². The van der Waals surface area contributed by atoms with E-state index in [1.54, 1.807) is 0 Å². The first-order valence-corrected chi connectivity index (χ1v) is 6.99. The summed E-state index contributed by atoms with van der Waals surface area (Å²) < 4.78 is 0. The van der Waals surface area contributed by atoms with Crippen LogP contribution in [-0.4, -0.2) is 13.1 Å². The van der Waals surface area contributed by atoms with Gasteiger partial charge in [-0.25, -0.2) is 0 Å². The van der Waals surface area contributed by atoms with Gasteiger partial charge >= 0.3 is 0 Å². The molecule has 0 heterocycles. The first-order chi connectivity index (χ1) is 7.31. The quantitative estimate of drug-likeness (QED) is 0.678. The fourth-order valence-electron chi connectivity index (χ4n) is 3.10. The zero-order valence-corrected chi connectivity index (χ0v) is 10.9. The van der Waals surface area contributed by atoms with Crippen molar-refractivity contribution in [2.75, 3.05) is 7.05 Å². The van der Waals surface area contributed by atoms with Crippen molar-refractivity contribution in [3.8, 4) is 0 Å². The molecule has 2 atom stereocenters. The van der Waals surface area contributed by atoms with Gasteiger partial charge in [0.1, 0.15) is 0 Å². The lowest BCUT2D eigenvalue weighted by atomic mass is 9.83. The van der Waals surface area contributed by atoms with Crippen LogP contribution >= 0.6 is 0 Å². The topological polar surface area (TPSA) is 12.0 Å². The lowest BCUT2D eigenvalue weighted by Gasteiger charge is -2.28. The monoisotopic (exact) mass is 211 g/mol. The van der Waals surface area contributed by atoms with Crippen LogP contribution in [0.4, 0.5) is 0 Å². The third kappa shape index (κ3) is 4.14. The lowest BCUT2D eigenvalue weighted by Crippen LogP contribution is -2.33. The number of nitrogens with one attached hydrogen (secondary N) is 1. The van der Waals surface area contributed by atoms with Gasteiger partial charge in [-0.15, -0.1) is 0 Å². The van der Waals surface area contributed by atoms with E-state index < -0.39 is 0 Å². The van der Waals surface area contributed by atoms with Crippen molar-refractivity contribution in [2.24, 2.45) is 11.8 Å². The summed E-state index contributed by atoms with van der Waals surface area (Å²) in [4.78, 5) is 0. The molecule has 1 fully saturated rings. The molecule has 90 valence electrons. The van der Waals surface area contributed by atoms with Gasteiger partial charge in [-0.2, -0.15) is 0 Å². The molecule has 0 spiro atoms. The summed E-state index contributed by atoms with van der Waals surface area (Å²) in [6.45, 7) is 4.69. The standard InChI is InChI=1S/C14H29N/c1-4-12(5-2)11-13-9-7-6-8-10-14(13)15-3/h12-15H,4-11H2,1-3H3. The Morgan fingerprint density at radius 2 is 1.73 bits per heavy atom. The third-order valence-corrected chi connectivity index (χ3v) is 4.32. The van der Waals surface area contributed by atoms with Crippen molar-refractivity contribution in [1.82, 2.24) is 5.32 Å². The second kappa shape index (κ2) is 7.27. The zero-order chi connectivity index (χ0) is 11.1. The van der Waals surface area contributed by atoms with E-state index in [1.807, 2.05) is 0 Å². The van der Waals surface area contributed by atoms with Crippen LogP contribution in [0.2, 0.25) is 0 Å². The molecule has 1 heteroatoms. The van der Waals surface area contributed by atoms with E-state index in [2.05, 4.69) is 26.2 Å². The van der Waals surface area contributed by atoms with Crippen LogP contribution in [0, 0.1) is 11.8 Å². The van der Waals surface area contributed by atoms with Crippen LogP contribution in [0.3, 0.4) is 0 Å². The molecule has 2 unspecified atom stereocenters. The average Bonchev–Trinajstić information content (AvgIpc) is 2.50. The van der Waals surface area contributed by atoms with Gasteiger partial charge in [-0.3, -0.25) is 0 Å². The van der Waals surface area contributed by atoms with Crippen molar-refractivity contribution in [3.63, 3.8) is 0 Å².